The largest absolute Gasteiger partial charge is 0.481 e. The Balaban J connectivity index is 1.99. The molecule has 7 heteroatoms. The second-order valence-corrected chi connectivity index (χ2v) is 7.18. The minimum Gasteiger partial charge on any atom is -0.481 e. The molecule has 21 heavy (non-hydrogen) atoms. The highest BCUT2D eigenvalue weighted by Gasteiger charge is 2.29. The summed E-state index contributed by atoms with van der Waals surface area (Å²) >= 11 is 0. The van der Waals surface area contributed by atoms with E-state index < -0.39 is 21.8 Å². The van der Waals surface area contributed by atoms with Crippen molar-refractivity contribution in [2.24, 2.45) is 5.92 Å². The number of piperidine rings is 1. The second kappa shape index (κ2) is 6.53. The van der Waals surface area contributed by atoms with E-state index in [1.807, 2.05) is 0 Å². The van der Waals surface area contributed by atoms with Crippen molar-refractivity contribution in [3.8, 4) is 0 Å². The molecule has 1 aromatic rings. The van der Waals surface area contributed by atoms with Gasteiger partial charge in [0, 0.05) is 19.5 Å². The molecule has 0 bridgehead atoms. The van der Waals surface area contributed by atoms with E-state index in [0.29, 0.717) is 32.4 Å². The van der Waals surface area contributed by atoms with Crippen molar-refractivity contribution in [3.05, 3.63) is 30.1 Å². The van der Waals surface area contributed by atoms with E-state index in [9.17, 15) is 17.6 Å². The van der Waals surface area contributed by atoms with E-state index in [4.69, 9.17) is 5.11 Å². The number of halogens is 1. The first-order chi connectivity index (χ1) is 9.89. The maximum atomic E-state index is 13.2. The van der Waals surface area contributed by atoms with Gasteiger partial charge in [-0.05, 0) is 43.4 Å². The number of sulfonamides is 1. The third kappa shape index (κ3) is 4.01. The predicted molar refractivity (Wildman–Crippen MR) is 74.8 cm³/mol. The zero-order valence-electron chi connectivity index (χ0n) is 11.5. The molecule has 2 rings (SSSR count). The average molecular weight is 315 g/mol. The van der Waals surface area contributed by atoms with Crippen LogP contribution in [0.1, 0.15) is 25.7 Å². The normalized spacial score (nSPS) is 17.8. The number of nitrogens with zero attached hydrogens (tertiary/aromatic N) is 1. The molecule has 0 spiro atoms. The maximum Gasteiger partial charge on any atom is 0.303 e. The molecule has 1 aliphatic heterocycles. The molecular weight excluding hydrogens is 297 g/mol. The van der Waals surface area contributed by atoms with Crippen LogP contribution in [0.3, 0.4) is 0 Å². The minimum absolute atomic E-state index is 0.0357. The lowest BCUT2D eigenvalue weighted by molar-refractivity contribution is -0.137. The van der Waals surface area contributed by atoms with Crippen LogP contribution in [-0.4, -0.2) is 36.9 Å². The molecule has 5 nitrogen and oxygen atoms in total. The number of hydrogen-bond donors (Lipinski definition) is 1. The van der Waals surface area contributed by atoms with Crippen LogP contribution >= 0.6 is 0 Å². The summed E-state index contributed by atoms with van der Waals surface area (Å²) < 4.78 is 39.3. The van der Waals surface area contributed by atoms with E-state index in [1.54, 1.807) is 0 Å². The van der Waals surface area contributed by atoms with Crippen molar-refractivity contribution in [1.29, 1.82) is 0 Å². The molecular formula is C14H18FNO4S. The van der Waals surface area contributed by atoms with Gasteiger partial charge in [-0.1, -0.05) is 6.07 Å². The molecule has 0 aliphatic carbocycles. The van der Waals surface area contributed by atoms with E-state index in [-0.39, 0.29) is 17.2 Å². The highest BCUT2D eigenvalue weighted by molar-refractivity contribution is 7.89. The van der Waals surface area contributed by atoms with Crippen LogP contribution in [0.15, 0.2) is 29.2 Å². The van der Waals surface area contributed by atoms with Gasteiger partial charge >= 0.3 is 5.97 Å². The van der Waals surface area contributed by atoms with Gasteiger partial charge in [0.15, 0.2) is 0 Å². The van der Waals surface area contributed by atoms with Crippen molar-refractivity contribution in [1.82, 2.24) is 4.31 Å². The monoisotopic (exact) mass is 315 g/mol. The maximum absolute atomic E-state index is 13.2. The number of aliphatic carboxylic acids is 1. The highest BCUT2D eigenvalue weighted by Crippen LogP contribution is 2.26. The summed E-state index contributed by atoms with van der Waals surface area (Å²) in [4.78, 5) is 10.5. The molecule has 1 aliphatic rings. The summed E-state index contributed by atoms with van der Waals surface area (Å²) in [5, 5.41) is 8.66. The summed E-state index contributed by atoms with van der Waals surface area (Å²) in [5.41, 5.74) is 0. The quantitative estimate of drug-likeness (QED) is 0.903. The summed E-state index contributed by atoms with van der Waals surface area (Å²) in [6.07, 6.45) is 1.97. The van der Waals surface area contributed by atoms with Gasteiger partial charge in [0.2, 0.25) is 10.0 Å². The van der Waals surface area contributed by atoms with Gasteiger partial charge in [-0.2, -0.15) is 4.31 Å². The van der Waals surface area contributed by atoms with Crippen LogP contribution in [0.25, 0.3) is 0 Å². The number of carbonyl (C=O) groups is 1. The molecule has 1 aromatic carbocycles. The van der Waals surface area contributed by atoms with E-state index in [2.05, 4.69) is 0 Å². The number of rotatable bonds is 5. The standard InChI is InChI=1S/C14H18FNO4S/c15-12-2-1-3-13(10-12)21(19,20)16-8-6-11(7-9-16)4-5-14(17)18/h1-3,10-11H,4-9H2,(H,17,18). The molecule has 1 fully saturated rings. The Morgan fingerprint density at radius 1 is 1.33 bits per heavy atom. The first-order valence-corrected chi connectivity index (χ1v) is 8.31. The number of carboxylic acids is 1. The molecule has 1 heterocycles. The smallest absolute Gasteiger partial charge is 0.303 e. The van der Waals surface area contributed by atoms with E-state index >= 15 is 0 Å². The molecule has 0 unspecified atom stereocenters. The van der Waals surface area contributed by atoms with Crippen LogP contribution in [-0.2, 0) is 14.8 Å². The minimum atomic E-state index is -3.66. The van der Waals surface area contributed by atoms with Crippen LogP contribution in [0.5, 0.6) is 0 Å². The highest BCUT2D eigenvalue weighted by atomic mass is 32.2. The van der Waals surface area contributed by atoms with Gasteiger partial charge in [-0.3, -0.25) is 4.79 Å². The molecule has 0 amide bonds. The van der Waals surface area contributed by atoms with Crippen LogP contribution in [0.2, 0.25) is 0 Å². The van der Waals surface area contributed by atoms with Crippen molar-refractivity contribution in [2.75, 3.05) is 13.1 Å². The van der Waals surface area contributed by atoms with Crippen LogP contribution in [0, 0.1) is 11.7 Å². The zero-order chi connectivity index (χ0) is 15.5. The van der Waals surface area contributed by atoms with E-state index in [1.165, 1.54) is 22.5 Å². The van der Waals surface area contributed by atoms with Gasteiger partial charge in [-0.15, -0.1) is 0 Å². The third-order valence-corrected chi connectivity index (χ3v) is 5.67. The van der Waals surface area contributed by atoms with Crippen LogP contribution in [0.4, 0.5) is 4.39 Å². The summed E-state index contributed by atoms with van der Waals surface area (Å²) in [5.74, 6) is -1.17. The summed E-state index contributed by atoms with van der Waals surface area (Å²) in [6.45, 7) is 0.701. The van der Waals surface area contributed by atoms with Crippen molar-refractivity contribution in [3.63, 3.8) is 0 Å². The Bertz CT molecular complexity index is 609. The number of benzene rings is 1. The van der Waals surface area contributed by atoms with Crippen molar-refractivity contribution >= 4 is 16.0 Å². The molecule has 0 atom stereocenters. The SMILES string of the molecule is O=C(O)CCC1CCN(S(=O)(=O)c2cccc(F)c2)CC1. The second-order valence-electron chi connectivity index (χ2n) is 5.24. The predicted octanol–water partition coefficient (Wildman–Crippen LogP) is 2.09. The lowest BCUT2D eigenvalue weighted by Gasteiger charge is -2.31. The summed E-state index contributed by atoms with van der Waals surface area (Å²) in [6, 6.07) is 4.99. The fraction of sp³-hybridized carbons (Fsp3) is 0.500. The molecule has 1 N–H and O–H groups in total. The van der Waals surface area contributed by atoms with Crippen molar-refractivity contribution in [2.45, 2.75) is 30.6 Å². The number of carboxylic acid groups (broad SMARTS) is 1. The molecule has 0 aromatic heterocycles. The Kier molecular flexibility index (Phi) is 4.95. The first kappa shape index (κ1) is 15.9. The van der Waals surface area contributed by atoms with Crippen LogP contribution < -0.4 is 0 Å². The Hall–Kier alpha value is -1.47. The van der Waals surface area contributed by atoms with Gasteiger partial charge in [0.05, 0.1) is 4.90 Å². The lowest BCUT2D eigenvalue weighted by atomic mass is 9.93. The zero-order valence-corrected chi connectivity index (χ0v) is 12.4. The van der Waals surface area contributed by atoms with Gasteiger partial charge < -0.3 is 5.11 Å². The fourth-order valence-electron chi connectivity index (χ4n) is 2.54. The molecule has 1 saturated heterocycles. The Labute approximate surface area is 123 Å². The van der Waals surface area contributed by atoms with Gasteiger partial charge in [0.1, 0.15) is 5.82 Å². The Morgan fingerprint density at radius 2 is 2.00 bits per heavy atom. The fourth-order valence-corrected chi connectivity index (χ4v) is 4.04. The molecule has 116 valence electrons. The Morgan fingerprint density at radius 3 is 2.57 bits per heavy atom. The molecule has 0 saturated carbocycles. The van der Waals surface area contributed by atoms with Gasteiger partial charge in [0.25, 0.3) is 0 Å². The van der Waals surface area contributed by atoms with E-state index in [0.717, 1.165) is 6.07 Å². The third-order valence-electron chi connectivity index (χ3n) is 3.77. The summed E-state index contributed by atoms with van der Waals surface area (Å²) in [7, 11) is -3.66. The van der Waals surface area contributed by atoms with Crippen molar-refractivity contribution < 1.29 is 22.7 Å². The first-order valence-electron chi connectivity index (χ1n) is 6.87. The lowest BCUT2D eigenvalue weighted by Crippen LogP contribution is -2.38. The van der Waals surface area contributed by atoms with Gasteiger partial charge in [-0.25, -0.2) is 12.8 Å². The number of hydrogen-bond acceptors (Lipinski definition) is 3. The average Bonchev–Trinajstić information content (AvgIpc) is 2.45. The topological polar surface area (TPSA) is 74.7 Å². The molecule has 0 radical (unpaired) electrons.